The topological polar surface area (TPSA) is 125 Å². The molecule has 2 N–H and O–H groups in total. The Hall–Kier alpha value is -4.13. The van der Waals surface area contributed by atoms with Crippen LogP contribution < -0.4 is 11.0 Å². The highest BCUT2D eigenvalue weighted by atomic mass is 16.4. The number of aromatic nitrogens is 4. The van der Waals surface area contributed by atoms with Crippen molar-refractivity contribution in [2.24, 2.45) is 0 Å². The molecule has 31 heavy (non-hydrogen) atoms. The molecule has 0 saturated heterocycles. The van der Waals surface area contributed by atoms with E-state index in [0.29, 0.717) is 17.1 Å². The van der Waals surface area contributed by atoms with Crippen LogP contribution in [-0.4, -0.2) is 36.9 Å². The first kappa shape index (κ1) is 20.2. The second-order valence-corrected chi connectivity index (χ2v) is 6.82. The smallest absolute Gasteiger partial charge is 0.423 e. The van der Waals surface area contributed by atoms with E-state index < -0.39 is 7.12 Å². The van der Waals surface area contributed by atoms with Gasteiger partial charge >= 0.3 is 7.12 Å². The Bertz CT molecular complexity index is 1330. The second kappa shape index (κ2) is 8.71. The van der Waals surface area contributed by atoms with Crippen LogP contribution in [0.15, 0.2) is 77.9 Å². The molecule has 4 aromatic rings. The van der Waals surface area contributed by atoms with Crippen LogP contribution in [0.2, 0.25) is 0 Å². The summed E-state index contributed by atoms with van der Waals surface area (Å²) in [6, 6.07) is 19.6. The fraction of sp³-hybridized carbons (Fsp3) is 0.0455. The summed E-state index contributed by atoms with van der Waals surface area (Å²) < 4.78 is 1.36. The quantitative estimate of drug-likeness (QED) is 0.471. The van der Waals surface area contributed by atoms with Gasteiger partial charge in [-0.3, -0.25) is 4.79 Å². The number of benzene rings is 2. The van der Waals surface area contributed by atoms with Crippen molar-refractivity contribution in [3.63, 3.8) is 0 Å². The van der Waals surface area contributed by atoms with Crippen molar-refractivity contribution in [3.05, 3.63) is 94.5 Å². The van der Waals surface area contributed by atoms with E-state index in [1.54, 1.807) is 24.3 Å². The number of rotatable bonds is 5. The van der Waals surface area contributed by atoms with Gasteiger partial charge in [-0.1, -0.05) is 30.3 Å². The molecule has 9 heteroatoms. The normalized spacial score (nSPS) is 10.5. The van der Waals surface area contributed by atoms with E-state index in [-0.39, 0.29) is 17.6 Å². The molecular formula is C22H16BN5O3. The average Bonchev–Trinajstić information content (AvgIpc) is 2.81. The molecule has 0 radical (unpaired) electrons. The summed E-state index contributed by atoms with van der Waals surface area (Å²) in [5.74, 6) is 0.425. The molecule has 0 bridgehead atoms. The van der Waals surface area contributed by atoms with Crippen LogP contribution in [0, 0.1) is 11.3 Å². The Morgan fingerprint density at radius 3 is 2.45 bits per heavy atom. The van der Waals surface area contributed by atoms with Crippen LogP contribution in [0.3, 0.4) is 0 Å². The first-order chi connectivity index (χ1) is 15.0. The molecule has 0 atom stereocenters. The minimum Gasteiger partial charge on any atom is -0.423 e. The van der Waals surface area contributed by atoms with Gasteiger partial charge in [-0.25, -0.2) is 14.6 Å². The molecule has 0 aliphatic heterocycles. The first-order valence-electron chi connectivity index (χ1n) is 9.39. The molecule has 0 unspecified atom stereocenters. The van der Waals surface area contributed by atoms with Crippen LogP contribution in [0.1, 0.15) is 11.1 Å². The largest absolute Gasteiger partial charge is 0.491 e. The van der Waals surface area contributed by atoms with Crippen molar-refractivity contribution < 1.29 is 10.0 Å². The molecule has 8 nitrogen and oxygen atoms in total. The average molecular weight is 409 g/mol. The molecule has 150 valence electrons. The summed E-state index contributed by atoms with van der Waals surface area (Å²) in [4.78, 5) is 20.7. The summed E-state index contributed by atoms with van der Waals surface area (Å²) in [6.45, 7) is 0.242. The Kier molecular flexibility index (Phi) is 5.66. The highest BCUT2D eigenvalue weighted by Gasteiger charge is 2.12. The van der Waals surface area contributed by atoms with E-state index >= 15 is 0 Å². The third-order valence-corrected chi connectivity index (χ3v) is 4.64. The van der Waals surface area contributed by atoms with Crippen molar-refractivity contribution in [2.45, 2.75) is 6.54 Å². The predicted octanol–water partition coefficient (Wildman–Crippen LogP) is 0.967. The van der Waals surface area contributed by atoms with Crippen LogP contribution >= 0.6 is 0 Å². The monoisotopic (exact) mass is 409 g/mol. The number of nitrogens with zero attached hydrogens (tertiary/aromatic N) is 5. The van der Waals surface area contributed by atoms with E-state index in [1.807, 2.05) is 30.3 Å². The van der Waals surface area contributed by atoms with Gasteiger partial charge in [0, 0.05) is 35.0 Å². The van der Waals surface area contributed by atoms with Crippen molar-refractivity contribution in [3.8, 4) is 28.7 Å². The van der Waals surface area contributed by atoms with Gasteiger partial charge in [0.05, 0.1) is 23.9 Å². The molecule has 0 saturated carbocycles. The van der Waals surface area contributed by atoms with Crippen LogP contribution in [0.5, 0.6) is 0 Å². The van der Waals surface area contributed by atoms with Gasteiger partial charge in [0.1, 0.15) is 0 Å². The maximum absolute atomic E-state index is 12.4. The third kappa shape index (κ3) is 4.56. The first-order valence-corrected chi connectivity index (χ1v) is 9.39. The fourth-order valence-corrected chi connectivity index (χ4v) is 3.07. The molecule has 2 heterocycles. The van der Waals surface area contributed by atoms with Crippen LogP contribution in [-0.2, 0) is 6.54 Å². The molecule has 2 aromatic heterocycles. The lowest BCUT2D eigenvalue weighted by Gasteiger charge is -2.09. The van der Waals surface area contributed by atoms with Gasteiger partial charge in [-0.2, -0.15) is 10.4 Å². The van der Waals surface area contributed by atoms with E-state index in [0.717, 1.165) is 16.7 Å². The van der Waals surface area contributed by atoms with Gasteiger partial charge in [0.25, 0.3) is 5.56 Å². The standard InChI is InChI=1S/C22H16BN5O3/c24-11-15-3-1-5-17(9-15)20-7-8-21(29)28(27-20)14-16-4-2-6-18(10-16)22-25-12-19(13-26-22)23(30)31/h1-10,12-13,30-31H,14H2. The molecule has 2 aromatic carbocycles. The Morgan fingerprint density at radius 1 is 0.968 bits per heavy atom. The molecule has 4 rings (SSSR count). The zero-order valence-corrected chi connectivity index (χ0v) is 16.3. The number of nitriles is 1. The van der Waals surface area contributed by atoms with Gasteiger partial charge < -0.3 is 10.0 Å². The van der Waals surface area contributed by atoms with Gasteiger partial charge in [-0.15, -0.1) is 0 Å². The molecule has 0 aliphatic carbocycles. The lowest BCUT2D eigenvalue weighted by atomic mass is 9.83. The van der Waals surface area contributed by atoms with Crippen LogP contribution in [0.25, 0.3) is 22.6 Å². The predicted molar refractivity (Wildman–Crippen MR) is 115 cm³/mol. The SMILES string of the molecule is N#Cc1cccc(-c2ccc(=O)n(Cc3cccc(-c4ncc(B(O)O)cn4)c3)n2)c1. The van der Waals surface area contributed by atoms with Crippen molar-refractivity contribution in [2.75, 3.05) is 0 Å². The summed E-state index contributed by atoms with van der Waals surface area (Å²) >= 11 is 0. The molecule has 0 fully saturated rings. The summed E-state index contributed by atoms with van der Waals surface area (Å²) in [5, 5.41) is 31.9. The van der Waals surface area contributed by atoms with E-state index in [2.05, 4.69) is 21.1 Å². The summed E-state index contributed by atoms with van der Waals surface area (Å²) in [5.41, 5.74) is 3.36. The lowest BCUT2D eigenvalue weighted by molar-refractivity contribution is 0.425. The maximum atomic E-state index is 12.4. The molecule has 0 spiro atoms. The molecule has 0 amide bonds. The highest BCUT2D eigenvalue weighted by molar-refractivity contribution is 6.58. The fourth-order valence-electron chi connectivity index (χ4n) is 3.07. The summed E-state index contributed by atoms with van der Waals surface area (Å²) in [6.07, 6.45) is 2.70. The van der Waals surface area contributed by atoms with E-state index in [9.17, 15) is 14.8 Å². The van der Waals surface area contributed by atoms with Gasteiger partial charge in [0.2, 0.25) is 0 Å². The maximum Gasteiger partial charge on any atom is 0.491 e. The minimum absolute atomic E-state index is 0.202. The van der Waals surface area contributed by atoms with Crippen molar-refractivity contribution in [1.29, 1.82) is 5.26 Å². The minimum atomic E-state index is -1.63. The van der Waals surface area contributed by atoms with Gasteiger partial charge in [-0.05, 0) is 29.8 Å². The second-order valence-electron chi connectivity index (χ2n) is 6.82. The van der Waals surface area contributed by atoms with Crippen molar-refractivity contribution >= 4 is 12.6 Å². The van der Waals surface area contributed by atoms with Gasteiger partial charge in [0.15, 0.2) is 5.82 Å². The van der Waals surface area contributed by atoms with E-state index in [1.165, 1.54) is 23.1 Å². The Labute approximate surface area is 177 Å². The third-order valence-electron chi connectivity index (χ3n) is 4.64. The summed E-state index contributed by atoms with van der Waals surface area (Å²) in [7, 11) is -1.63. The zero-order chi connectivity index (χ0) is 21.8. The highest BCUT2D eigenvalue weighted by Crippen LogP contribution is 2.18. The number of hydrogen-bond acceptors (Lipinski definition) is 7. The Balaban J connectivity index is 1.63. The molecule has 0 aliphatic rings. The zero-order valence-electron chi connectivity index (χ0n) is 16.3. The lowest BCUT2D eigenvalue weighted by Crippen LogP contribution is -2.30. The van der Waals surface area contributed by atoms with Crippen molar-refractivity contribution in [1.82, 2.24) is 19.7 Å². The van der Waals surface area contributed by atoms with E-state index in [4.69, 9.17) is 5.26 Å². The Morgan fingerprint density at radius 2 is 1.71 bits per heavy atom. The van der Waals surface area contributed by atoms with Crippen LogP contribution in [0.4, 0.5) is 0 Å². The molecular weight excluding hydrogens is 393 g/mol. The number of hydrogen-bond donors (Lipinski definition) is 2.